The normalized spacial score (nSPS) is 12.1. The van der Waals surface area contributed by atoms with Crippen LogP contribution in [0.5, 0.6) is 0 Å². The number of nitro benzene ring substituents is 1. The molecule has 0 aliphatic rings. The molecule has 1 rings (SSSR count). The van der Waals surface area contributed by atoms with E-state index in [1.54, 1.807) is 0 Å². The van der Waals surface area contributed by atoms with Crippen LogP contribution in [-0.4, -0.2) is 10.8 Å². The fourth-order valence-electron chi connectivity index (χ4n) is 1.52. The van der Waals surface area contributed by atoms with Gasteiger partial charge in [-0.2, -0.15) is 0 Å². The van der Waals surface area contributed by atoms with Gasteiger partial charge in [-0.05, 0) is 24.0 Å². The lowest BCUT2D eigenvalue weighted by molar-refractivity contribution is -0.384. The van der Waals surface area contributed by atoms with E-state index in [0.717, 1.165) is 6.42 Å². The zero-order valence-corrected chi connectivity index (χ0v) is 9.27. The highest BCUT2D eigenvalue weighted by molar-refractivity contribution is 5.94. The maximum Gasteiger partial charge on any atom is 0.269 e. The molecule has 0 saturated carbocycles. The number of amides is 1. The number of nitro groups is 1. The van der Waals surface area contributed by atoms with E-state index in [9.17, 15) is 14.9 Å². The van der Waals surface area contributed by atoms with Crippen LogP contribution in [0, 0.1) is 10.1 Å². The van der Waals surface area contributed by atoms with Crippen molar-refractivity contribution in [2.45, 2.75) is 26.2 Å². The SMILES string of the molecule is CCC(C)c1cc([N+](=O)[O-])ccc1C(N)=O. The highest BCUT2D eigenvalue weighted by Crippen LogP contribution is 2.26. The quantitative estimate of drug-likeness (QED) is 0.625. The number of hydrogen-bond donors (Lipinski definition) is 1. The van der Waals surface area contributed by atoms with Gasteiger partial charge in [-0.1, -0.05) is 13.8 Å². The topological polar surface area (TPSA) is 86.2 Å². The average molecular weight is 222 g/mol. The van der Waals surface area contributed by atoms with Gasteiger partial charge in [0.15, 0.2) is 0 Å². The fourth-order valence-corrected chi connectivity index (χ4v) is 1.52. The van der Waals surface area contributed by atoms with Crippen molar-refractivity contribution in [2.24, 2.45) is 5.73 Å². The van der Waals surface area contributed by atoms with Crippen LogP contribution in [0.2, 0.25) is 0 Å². The Morgan fingerprint density at radius 1 is 1.56 bits per heavy atom. The molecule has 2 N–H and O–H groups in total. The lowest BCUT2D eigenvalue weighted by Gasteiger charge is -2.12. The van der Waals surface area contributed by atoms with Gasteiger partial charge in [-0.3, -0.25) is 14.9 Å². The molecular weight excluding hydrogens is 208 g/mol. The Bertz CT molecular complexity index is 429. The number of nitrogens with two attached hydrogens (primary N) is 1. The van der Waals surface area contributed by atoms with Gasteiger partial charge in [0.05, 0.1) is 4.92 Å². The highest BCUT2D eigenvalue weighted by Gasteiger charge is 2.17. The first-order valence-corrected chi connectivity index (χ1v) is 5.05. The number of primary amides is 1. The molecule has 0 heterocycles. The van der Waals surface area contributed by atoms with Crippen LogP contribution in [0.4, 0.5) is 5.69 Å². The Morgan fingerprint density at radius 3 is 2.62 bits per heavy atom. The summed E-state index contributed by atoms with van der Waals surface area (Å²) >= 11 is 0. The van der Waals surface area contributed by atoms with Crippen molar-refractivity contribution in [3.8, 4) is 0 Å². The third-order valence-corrected chi connectivity index (χ3v) is 2.65. The van der Waals surface area contributed by atoms with E-state index >= 15 is 0 Å². The Labute approximate surface area is 93.4 Å². The summed E-state index contributed by atoms with van der Waals surface area (Å²) in [4.78, 5) is 21.3. The first-order chi connectivity index (χ1) is 7.47. The van der Waals surface area contributed by atoms with Crippen molar-refractivity contribution in [3.05, 3.63) is 39.4 Å². The lowest BCUT2D eigenvalue weighted by atomic mass is 9.93. The molecule has 16 heavy (non-hydrogen) atoms. The Balaban J connectivity index is 3.32. The van der Waals surface area contributed by atoms with Gasteiger partial charge in [-0.15, -0.1) is 0 Å². The zero-order chi connectivity index (χ0) is 12.3. The van der Waals surface area contributed by atoms with Crippen LogP contribution in [0.25, 0.3) is 0 Å². The molecule has 1 unspecified atom stereocenters. The van der Waals surface area contributed by atoms with Crippen LogP contribution >= 0.6 is 0 Å². The van der Waals surface area contributed by atoms with E-state index in [4.69, 9.17) is 5.73 Å². The Hall–Kier alpha value is -1.91. The predicted molar refractivity (Wildman–Crippen MR) is 60.3 cm³/mol. The van der Waals surface area contributed by atoms with Gasteiger partial charge >= 0.3 is 0 Å². The van der Waals surface area contributed by atoms with E-state index in [1.165, 1.54) is 18.2 Å². The third kappa shape index (κ3) is 2.36. The van der Waals surface area contributed by atoms with E-state index in [1.807, 2.05) is 13.8 Å². The standard InChI is InChI=1S/C11H14N2O3/c1-3-7(2)10-6-8(13(15)16)4-5-9(10)11(12)14/h4-7H,3H2,1-2H3,(H2,12,14). The first-order valence-electron chi connectivity index (χ1n) is 5.05. The Kier molecular flexibility index (Phi) is 3.60. The van der Waals surface area contributed by atoms with Crippen molar-refractivity contribution in [1.82, 2.24) is 0 Å². The monoisotopic (exact) mass is 222 g/mol. The van der Waals surface area contributed by atoms with E-state index in [-0.39, 0.29) is 11.6 Å². The van der Waals surface area contributed by atoms with Crippen LogP contribution in [0.3, 0.4) is 0 Å². The number of carbonyl (C=O) groups excluding carboxylic acids is 1. The molecule has 0 aliphatic carbocycles. The molecule has 1 aromatic carbocycles. The van der Waals surface area contributed by atoms with Gasteiger partial charge < -0.3 is 5.73 Å². The van der Waals surface area contributed by atoms with Crippen molar-refractivity contribution in [1.29, 1.82) is 0 Å². The lowest BCUT2D eigenvalue weighted by Crippen LogP contribution is -2.15. The van der Waals surface area contributed by atoms with Gasteiger partial charge in [0, 0.05) is 17.7 Å². The molecule has 5 nitrogen and oxygen atoms in total. The molecule has 5 heteroatoms. The highest BCUT2D eigenvalue weighted by atomic mass is 16.6. The summed E-state index contributed by atoms with van der Waals surface area (Å²) < 4.78 is 0. The van der Waals surface area contributed by atoms with Gasteiger partial charge in [0.2, 0.25) is 5.91 Å². The number of hydrogen-bond acceptors (Lipinski definition) is 3. The Morgan fingerprint density at radius 2 is 2.19 bits per heavy atom. The molecular formula is C11H14N2O3. The van der Waals surface area contributed by atoms with Crippen molar-refractivity contribution in [3.63, 3.8) is 0 Å². The number of nitrogens with zero attached hydrogens (tertiary/aromatic N) is 1. The maximum atomic E-state index is 11.2. The largest absolute Gasteiger partial charge is 0.366 e. The molecule has 0 aromatic heterocycles. The summed E-state index contributed by atoms with van der Waals surface area (Å²) in [7, 11) is 0. The molecule has 86 valence electrons. The second-order valence-corrected chi connectivity index (χ2v) is 3.70. The maximum absolute atomic E-state index is 11.2. The number of benzene rings is 1. The third-order valence-electron chi connectivity index (χ3n) is 2.65. The summed E-state index contributed by atoms with van der Waals surface area (Å²) in [5, 5.41) is 10.6. The van der Waals surface area contributed by atoms with Gasteiger partial charge in [-0.25, -0.2) is 0 Å². The average Bonchev–Trinajstić information content (AvgIpc) is 2.26. The second kappa shape index (κ2) is 4.74. The number of non-ortho nitro benzene ring substituents is 1. The zero-order valence-electron chi connectivity index (χ0n) is 9.27. The summed E-state index contributed by atoms with van der Waals surface area (Å²) in [5.41, 5.74) is 6.21. The van der Waals surface area contributed by atoms with Crippen LogP contribution in [0.1, 0.15) is 42.1 Å². The van der Waals surface area contributed by atoms with Gasteiger partial charge in [0.1, 0.15) is 0 Å². The van der Waals surface area contributed by atoms with Crippen LogP contribution in [-0.2, 0) is 0 Å². The summed E-state index contributed by atoms with van der Waals surface area (Å²) in [6.45, 7) is 3.86. The molecule has 1 aromatic rings. The van der Waals surface area contributed by atoms with Crippen molar-refractivity contribution >= 4 is 11.6 Å². The van der Waals surface area contributed by atoms with Gasteiger partial charge in [0.25, 0.3) is 5.69 Å². The fraction of sp³-hybridized carbons (Fsp3) is 0.364. The molecule has 0 fully saturated rings. The molecule has 0 aliphatic heterocycles. The molecule has 0 saturated heterocycles. The summed E-state index contributed by atoms with van der Waals surface area (Å²) in [5.74, 6) is -0.479. The number of carbonyl (C=O) groups is 1. The molecule has 0 radical (unpaired) electrons. The predicted octanol–water partition coefficient (Wildman–Crippen LogP) is 2.21. The smallest absolute Gasteiger partial charge is 0.269 e. The number of rotatable bonds is 4. The minimum atomic E-state index is -0.551. The van der Waals surface area contributed by atoms with Crippen molar-refractivity contribution in [2.75, 3.05) is 0 Å². The van der Waals surface area contributed by atoms with E-state index < -0.39 is 10.8 Å². The molecule has 0 bridgehead atoms. The summed E-state index contributed by atoms with van der Waals surface area (Å²) in [6.07, 6.45) is 0.793. The molecule has 1 amide bonds. The summed E-state index contributed by atoms with van der Waals surface area (Å²) in [6, 6.07) is 4.14. The molecule has 0 spiro atoms. The molecule has 1 atom stereocenters. The van der Waals surface area contributed by atoms with Crippen LogP contribution in [0.15, 0.2) is 18.2 Å². The second-order valence-electron chi connectivity index (χ2n) is 3.70. The van der Waals surface area contributed by atoms with Crippen LogP contribution < -0.4 is 5.73 Å². The minimum Gasteiger partial charge on any atom is -0.366 e. The van der Waals surface area contributed by atoms with Crippen molar-refractivity contribution < 1.29 is 9.72 Å². The van der Waals surface area contributed by atoms with E-state index in [0.29, 0.717) is 11.1 Å². The van der Waals surface area contributed by atoms with E-state index in [2.05, 4.69) is 0 Å². The first kappa shape index (κ1) is 12.2. The minimum absolute atomic E-state index is 0.0136.